The topological polar surface area (TPSA) is 55.3 Å². The molecule has 1 atom stereocenters. The van der Waals surface area contributed by atoms with Crippen LogP contribution in [0.5, 0.6) is 5.88 Å². The lowest BCUT2D eigenvalue weighted by Gasteiger charge is -2.30. The molecule has 6 heteroatoms. The number of fused-ring (bicyclic) bond motifs is 1. The van der Waals surface area contributed by atoms with E-state index < -0.39 is 0 Å². The lowest BCUT2D eigenvalue weighted by atomic mass is 10.0. The Morgan fingerprint density at radius 1 is 1.45 bits per heavy atom. The number of hydrogen-bond acceptors (Lipinski definition) is 4. The molecule has 1 aromatic heterocycles. The van der Waals surface area contributed by atoms with Gasteiger partial charge >= 0.3 is 0 Å². The Bertz CT molecular complexity index is 692. The monoisotopic (exact) mass is 363 g/mol. The highest BCUT2D eigenvalue weighted by molar-refractivity contribution is 9.10. The quantitative estimate of drug-likeness (QED) is 0.840. The Kier molecular flexibility index (Phi) is 4.57. The van der Waals surface area contributed by atoms with Crippen molar-refractivity contribution in [2.75, 3.05) is 19.7 Å². The molecule has 1 aliphatic heterocycles. The number of carbonyl (C=O) groups excluding carboxylic acids is 1. The molecule has 2 aromatic rings. The fraction of sp³-hybridized carbons (Fsp3) is 0.438. The van der Waals surface area contributed by atoms with Crippen molar-refractivity contribution in [3.63, 3.8) is 0 Å². The zero-order valence-corrected chi connectivity index (χ0v) is 14.0. The van der Waals surface area contributed by atoms with Crippen LogP contribution in [0.1, 0.15) is 19.8 Å². The van der Waals surface area contributed by atoms with Gasteiger partial charge in [-0.15, -0.1) is 0 Å². The molecule has 1 aromatic carbocycles. The van der Waals surface area contributed by atoms with Crippen LogP contribution in [0.4, 0.5) is 0 Å². The van der Waals surface area contributed by atoms with Gasteiger partial charge in [0.15, 0.2) is 6.61 Å². The van der Waals surface area contributed by atoms with Crippen LogP contribution in [-0.4, -0.2) is 40.5 Å². The molecule has 1 aliphatic rings. The van der Waals surface area contributed by atoms with Crippen molar-refractivity contribution in [1.29, 1.82) is 0 Å². The van der Waals surface area contributed by atoms with E-state index in [9.17, 15) is 4.79 Å². The van der Waals surface area contributed by atoms with E-state index in [4.69, 9.17) is 4.74 Å². The van der Waals surface area contributed by atoms with Crippen LogP contribution in [0.2, 0.25) is 0 Å². The van der Waals surface area contributed by atoms with Gasteiger partial charge in [0.1, 0.15) is 6.33 Å². The van der Waals surface area contributed by atoms with Crippen molar-refractivity contribution in [3.8, 4) is 5.88 Å². The second-order valence-electron chi connectivity index (χ2n) is 5.72. The van der Waals surface area contributed by atoms with E-state index in [-0.39, 0.29) is 12.5 Å². The SMILES string of the molecule is C[C@@H]1CCCN(C(=O)COc2ncnc3ccc(Br)cc23)C1. The summed E-state index contributed by atoms with van der Waals surface area (Å²) in [5, 5.41) is 0.802. The third-order valence-corrected chi connectivity index (χ3v) is 4.40. The Morgan fingerprint density at radius 3 is 3.14 bits per heavy atom. The van der Waals surface area contributed by atoms with E-state index in [1.807, 2.05) is 23.1 Å². The average Bonchev–Trinajstić information content (AvgIpc) is 2.52. The van der Waals surface area contributed by atoms with Crippen molar-refractivity contribution in [1.82, 2.24) is 14.9 Å². The molecule has 0 saturated carbocycles. The van der Waals surface area contributed by atoms with Crippen LogP contribution in [-0.2, 0) is 4.79 Å². The first-order valence-electron chi connectivity index (χ1n) is 7.44. The predicted molar refractivity (Wildman–Crippen MR) is 87.7 cm³/mol. The van der Waals surface area contributed by atoms with Gasteiger partial charge < -0.3 is 9.64 Å². The van der Waals surface area contributed by atoms with Gasteiger partial charge in [0.25, 0.3) is 5.91 Å². The smallest absolute Gasteiger partial charge is 0.260 e. The van der Waals surface area contributed by atoms with Gasteiger partial charge in [0.2, 0.25) is 5.88 Å². The zero-order valence-electron chi connectivity index (χ0n) is 12.5. The highest BCUT2D eigenvalue weighted by Crippen LogP contribution is 2.25. The summed E-state index contributed by atoms with van der Waals surface area (Å²) in [5.74, 6) is 1.03. The van der Waals surface area contributed by atoms with Gasteiger partial charge in [0, 0.05) is 17.6 Å². The van der Waals surface area contributed by atoms with Crippen molar-refractivity contribution >= 4 is 32.7 Å². The first-order valence-corrected chi connectivity index (χ1v) is 8.23. The van der Waals surface area contributed by atoms with Gasteiger partial charge in [-0.2, -0.15) is 0 Å². The molecule has 0 unspecified atom stereocenters. The first-order chi connectivity index (χ1) is 10.6. The van der Waals surface area contributed by atoms with Crippen molar-refractivity contribution < 1.29 is 9.53 Å². The number of aromatic nitrogens is 2. The maximum absolute atomic E-state index is 12.3. The van der Waals surface area contributed by atoms with E-state index in [2.05, 4.69) is 32.8 Å². The van der Waals surface area contributed by atoms with Gasteiger partial charge in [-0.1, -0.05) is 22.9 Å². The van der Waals surface area contributed by atoms with Crippen molar-refractivity contribution in [3.05, 3.63) is 29.0 Å². The van der Waals surface area contributed by atoms with Gasteiger partial charge in [0.05, 0.1) is 10.9 Å². The van der Waals surface area contributed by atoms with Gasteiger partial charge in [-0.05, 0) is 37.0 Å². The highest BCUT2D eigenvalue weighted by Gasteiger charge is 2.21. The standard InChI is InChI=1S/C16H18BrN3O2/c1-11-3-2-6-20(8-11)15(21)9-22-16-13-7-12(17)4-5-14(13)18-10-19-16/h4-5,7,10-11H,2-3,6,8-9H2,1H3/t11-/m1/s1. The first kappa shape index (κ1) is 15.2. The fourth-order valence-electron chi connectivity index (χ4n) is 2.76. The average molecular weight is 364 g/mol. The minimum Gasteiger partial charge on any atom is -0.467 e. The molecule has 2 heterocycles. The maximum Gasteiger partial charge on any atom is 0.260 e. The number of hydrogen-bond donors (Lipinski definition) is 0. The number of amides is 1. The number of rotatable bonds is 3. The Labute approximate surface area is 137 Å². The summed E-state index contributed by atoms with van der Waals surface area (Å²) < 4.78 is 6.59. The second-order valence-corrected chi connectivity index (χ2v) is 6.63. The molecule has 0 bridgehead atoms. The molecule has 0 radical (unpaired) electrons. The number of halogens is 1. The third kappa shape index (κ3) is 3.38. The molecule has 0 spiro atoms. The number of likely N-dealkylation sites (tertiary alicyclic amines) is 1. The second kappa shape index (κ2) is 6.60. The predicted octanol–water partition coefficient (Wildman–Crippen LogP) is 3.03. The van der Waals surface area contributed by atoms with E-state index in [0.29, 0.717) is 11.8 Å². The van der Waals surface area contributed by atoms with Crippen LogP contribution in [0.25, 0.3) is 10.9 Å². The lowest BCUT2D eigenvalue weighted by Crippen LogP contribution is -2.41. The number of piperidine rings is 1. The Balaban J connectivity index is 1.71. The summed E-state index contributed by atoms with van der Waals surface area (Å²) >= 11 is 3.43. The van der Waals surface area contributed by atoms with Crippen molar-refractivity contribution in [2.45, 2.75) is 19.8 Å². The summed E-state index contributed by atoms with van der Waals surface area (Å²) in [6.07, 6.45) is 3.71. The van der Waals surface area contributed by atoms with Crippen LogP contribution >= 0.6 is 15.9 Å². The summed E-state index contributed by atoms with van der Waals surface area (Å²) in [5.41, 5.74) is 0.798. The summed E-state index contributed by atoms with van der Waals surface area (Å²) in [6.45, 7) is 3.84. The molecule has 22 heavy (non-hydrogen) atoms. The molecule has 1 fully saturated rings. The van der Waals surface area contributed by atoms with Crippen LogP contribution in [0.15, 0.2) is 29.0 Å². The molecular formula is C16H18BrN3O2. The third-order valence-electron chi connectivity index (χ3n) is 3.90. The lowest BCUT2D eigenvalue weighted by molar-refractivity contribution is -0.135. The van der Waals surface area contributed by atoms with Crippen LogP contribution in [0.3, 0.4) is 0 Å². The van der Waals surface area contributed by atoms with Crippen LogP contribution in [0, 0.1) is 5.92 Å². The van der Waals surface area contributed by atoms with Gasteiger partial charge in [-0.25, -0.2) is 9.97 Å². The number of carbonyl (C=O) groups is 1. The normalized spacial score (nSPS) is 18.5. The molecule has 116 valence electrons. The number of benzene rings is 1. The van der Waals surface area contributed by atoms with Gasteiger partial charge in [-0.3, -0.25) is 4.79 Å². The molecule has 5 nitrogen and oxygen atoms in total. The van der Waals surface area contributed by atoms with E-state index in [1.165, 1.54) is 12.7 Å². The summed E-state index contributed by atoms with van der Waals surface area (Å²) in [6, 6.07) is 5.71. The zero-order chi connectivity index (χ0) is 15.5. The molecule has 0 N–H and O–H groups in total. The molecule has 1 saturated heterocycles. The van der Waals surface area contributed by atoms with E-state index >= 15 is 0 Å². The van der Waals surface area contributed by atoms with Crippen LogP contribution < -0.4 is 4.74 Å². The largest absolute Gasteiger partial charge is 0.467 e. The van der Waals surface area contributed by atoms with Crippen molar-refractivity contribution in [2.24, 2.45) is 5.92 Å². The maximum atomic E-state index is 12.3. The number of nitrogens with zero attached hydrogens (tertiary/aromatic N) is 3. The van der Waals surface area contributed by atoms with E-state index in [1.54, 1.807) is 0 Å². The molecule has 0 aliphatic carbocycles. The molecule has 1 amide bonds. The minimum absolute atomic E-state index is 0.0192. The Morgan fingerprint density at radius 2 is 2.32 bits per heavy atom. The summed E-state index contributed by atoms with van der Waals surface area (Å²) in [7, 11) is 0. The minimum atomic E-state index is 0.0192. The van der Waals surface area contributed by atoms with E-state index in [0.717, 1.165) is 34.9 Å². The Hall–Kier alpha value is -1.69. The highest BCUT2D eigenvalue weighted by atomic mass is 79.9. The summed E-state index contributed by atoms with van der Waals surface area (Å²) in [4.78, 5) is 22.5. The molecular weight excluding hydrogens is 346 g/mol. The number of ether oxygens (including phenoxy) is 1. The fourth-order valence-corrected chi connectivity index (χ4v) is 3.12. The molecule has 3 rings (SSSR count).